The number of fused-ring (bicyclic) bond motifs is 1. The van der Waals surface area contributed by atoms with E-state index in [0.717, 1.165) is 17.9 Å². The summed E-state index contributed by atoms with van der Waals surface area (Å²) in [6.07, 6.45) is 0.972. The van der Waals surface area contributed by atoms with Gasteiger partial charge in [-0.2, -0.15) is 0 Å². The van der Waals surface area contributed by atoms with Gasteiger partial charge in [-0.15, -0.1) is 24.2 Å². The first kappa shape index (κ1) is 11.7. The molecule has 1 aromatic carbocycles. The smallest absolute Gasteiger partial charge is 0.132 e. The van der Waals surface area contributed by atoms with Crippen molar-refractivity contribution >= 4 is 24.2 Å². The van der Waals surface area contributed by atoms with Crippen LogP contribution >= 0.6 is 24.2 Å². The number of ether oxygens (including phenoxy) is 1. The number of methoxy groups -OCH3 is 1. The SMILES string of the molecule is COc1cccc2c1SCC(N)C2.Cl. The number of halogens is 1. The Labute approximate surface area is 94.6 Å². The van der Waals surface area contributed by atoms with Gasteiger partial charge in [-0.25, -0.2) is 0 Å². The van der Waals surface area contributed by atoms with Gasteiger partial charge in [-0.3, -0.25) is 0 Å². The monoisotopic (exact) mass is 231 g/mol. The molecule has 0 aliphatic carbocycles. The number of thioether (sulfide) groups is 1. The van der Waals surface area contributed by atoms with E-state index in [4.69, 9.17) is 10.5 Å². The van der Waals surface area contributed by atoms with Crippen molar-refractivity contribution in [3.63, 3.8) is 0 Å². The Morgan fingerprint density at radius 1 is 1.50 bits per heavy atom. The first-order chi connectivity index (χ1) is 6.31. The van der Waals surface area contributed by atoms with Crippen LogP contribution in [0.2, 0.25) is 0 Å². The molecule has 0 radical (unpaired) electrons. The van der Waals surface area contributed by atoms with Gasteiger partial charge >= 0.3 is 0 Å². The number of rotatable bonds is 1. The van der Waals surface area contributed by atoms with Gasteiger partial charge in [0.15, 0.2) is 0 Å². The summed E-state index contributed by atoms with van der Waals surface area (Å²) in [5.41, 5.74) is 7.20. The van der Waals surface area contributed by atoms with E-state index in [0.29, 0.717) is 6.04 Å². The molecule has 1 unspecified atom stereocenters. The Morgan fingerprint density at radius 3 is 3.00 bits per heavy atom. The number of hydrogen-bond acceptors (Lipinski definition) is 3. The van der Waals surface area contributed by atoms with Crippen molar-refractivity contribution in [2.24, 2.45) is 5.73 Å². The van der Waals surface area contributed by atoms with Gasteiger partial charge in [0.05, 0.1) is 12.0 Å². The van der Waals surface area contributed by atoms with Crippen molar-refractivity contribution in [1.82, 2.24) is 0 Å². The third kappa shape index (κ3) is 2.16. The highest BCUT2D eigenvalue weighted by Gasteiger charge is 2.18. The molecule has 0 saturated heterocycles. The van der Waals surface area contributed by atoms with E-state index in [1.165, 1.54) is 10.5 Å². The lowest BCUT2D eigenvalue weighted by molar-refractivity contribution is 0.403. The van der Waals surface area contributed by atoms with Crippen LogP contribution in [0.25, 0.3) is 0 Å². The Kier molecular flexibility index (Phi) is 4.11. The first-order valence-electron chi connectivity index (χ1n) is 4.35. The number of hydrogen-bond donors (Lipinski definition) is 1. The second kappa shape index (κ2) is 4.91. The summed E-state index contributed by atoms with van der Waals surface area (Å²) in [7, 11) is 1.71. The lowest BCUT2D eigenvalue weighted by atomic mass is 10.1. The summed E-state index contributed by atoms with van der Waals surface area (Å²) in [6, 6.07) is 6.45. The summed E-state index contributed by atoms with van der Waals surface area (Å²) in [5.74, 6) is 1.97. The van der Waals surface area contributed by atoms with E-state index in [2.05, 4.69) is 6.07 Å². The van der Waals surface area contributed by atoms with Gasteiger partial charge in [-0.1, -0.05) is 12.1 Å². The standard InChI is InChI=1S/C10H13NOS.ClH/c1-12-9-4-2-3-7-5-8(11)6-13-10(7)9;/h2-4,8H,5-6,11H2,1H3;1H. The molecule has 2 rings (SSSR count). The molecular weight excluding hydrogens is 218 g/mol. The molecule has 1 aromatic rings. The summed E-state index contributed by atoms with van der Waals surface area (Å²) in [6.45, 7) is 0. The Balaban J connectivity index is 0.000000980. The van der Waals surface area contributed by atoms with Crippen molar-refractivity contribution in [3.05, 3.63) is 23.8 Å². The van der Waals surface area contributed by atoms with Gasteiger partial charge in [0.25, 0.3) is 0 Å². The fourth-order valence-electron chi connectivity index (χ4n) is 1.58. The van der Waals surface area contributed by atoms with Crippen molar-refractivity contribution < 1.29 is 4.74 Å². The van der Waals surface area contributed by atoms with Gasteiger partial charge in [0.2, 0.25) is 0 Å². The van der Waals surface area contributed by atoms with Crippen molar-refractivity contribution in [2.45, 2.75) is 17.4 Å². The number of nitrogens with two attached hydrogens (primary N) is 1. The van der Waals surface area contributed by atoms with Gasteiger partial charge in [0.1, 0.15) is 5.75 Å². The minimum atomic E-state index is 0. The molecule has 0 amide bonds. The molecular formula is C10H14ClNOS. The van der Waals surface area contributed by atoms with Gasteiger partial charge < -0.3 is 10.5 Å². The zero-order valence-corrected chi connectivity index (χ0v) is 9.66. The van der Waals surface area contributed by atoms with Gasteiger partial charge in [-0.05, 0) is 18.1 Å². The lowest BCUT2D eigenvalue weighted by Gasteiger charge is -2.22. The third-order valence-electron chi connectivity index (χ3n) is 2.20. The van der Waals surface area contributed by atoms with E-state index in [9.17, 15) is 0 Å². The molecule has 0 aromatic heterocycles. The molecule has 1 atom stereocenters. The first-order valence-corrected chi connectivity index (χ1v) is 5.34. The maximum absolute atomic E-state index is 5.88. The average Bonchev–Trinajstić information content (AvgIpc) is 2.16. The van der Waals surface area contributed by atoms with Crippen molar-refractivity contribution in [1.29, 1.82) is 0 Å². The van der Waals surface area contributed by atoms with Crippen LogP contribution in [0.3, 0.4) is 0 Å². The molecule has 1 heterocycles. The zero-order valence-electron chi connectivity index (χ0n) is 8.03. The molecule has 0 bridgehead atoms. The highest BCUT2D eigenvalue weighted by Crippen LogP contribution is 2.36. The van der Waals surface area contributed by atoms with Crippen LogP contribution in [0.5, 0.6) is 5.75 Å². The quantitative estimate of drug-likeness (QED) is 0.804. The van der Waals surface area contributed by atoms with E-state index >= 15 is 0 Å². The van der Waals surface area contributed by atoms with Crippen molar-refractivity contribution in [3.8, 4) is 5.75 Å². The summed E-state index contributed by atoms with van der Waals surface area (Å²) in [5, 5.41) is 0. The highest BCUT2D eigenvalue weighted by molar-refractivity contribution is 7.99. The third-order valence-corrected chi connectivity index (χ3v) is 3.55. The molecule has 14 heavy (non-hydrogen) atoms. The van der Waals surface area contributed by atoms with E-state index in [1.807, 2.05) is 12.1 Å². The Bertz CT molecular complexity index is 319. The molecule has 2 N–H and O–H groups in total. The minimum Gasteiger partial charge on any atom is -0.496 e. The highest BCUT2D eigenvalue weighted by atomic mass is 35.5. The van der Waals surface area contributed by atoms with Crippen LogP contribution in [0, 0.1) is 0 Å². The molecule has 78 valence electrons. The molecule has 1 aliphatic rings. The molecule has 0 spiro atoms. The fraction of sp³-hybridized carbons (Fsp3) is 0.400. The summed E-state index contributed by atoms with van der Waals surface area (Å²) >= 11 is 1.80. The van der Waals surface area contributed by atoms with Crippen LogP contribution in [-0.4, -0.2) is 18.9 Å². The average molecular weight is 232 g/mol. The second-order valence-corrected chi connectivity index (χ2v) is 4.25. The van der Waals surface area contributed by atoms with Crippen LogP contribution < -0.4 is 10.5 Å². The molecule has 0 fully saturated rings. The van der Waals surface area contributed by atoms with Crippen molar-refractivity contribution in [2.75, 3.05) is 12.9 Å². The predicted molar refractivity (Wildman–Crippen MR) is 62.6 cm³/mol. The topological polar surface area (TPSA) is 35.2 Å². The fourth-order valence-corrected chi connectivity index (χ4v) is 2.71. The maximum Gasteiger partial charge on any atom is 0.132 e. The minimum absolute atomic E-state index is 0. The lowest BCUT2D eigenvalue weighted by Crippen LogP contribution is -2.28. The molecule has 1 aliphatic heterocycles. The predicted octanol–water partition coefficient (Wildman–Crippen LogP) is 2.09. The Hall–Kier alpha value is -0.380. The summed E-state index contributed by atoms with van der Waals surface area (Å²) < 4.78 is 5.29. The molecule has 4 heteroatoms. The van der Waals surface area contributed by atoms with Crippen LogP contribution in [0.1, 0.15) is 5.56 Å². The van der Waals surface area contributed by atoms with Crippen LogP contribution in [-0.2, 0) is 6.42 Å². The largest absolute Gasteiger partial charge is 0.496 e. The van der Waals surface area contributed by atoms with E-state index in [-0.39, 0.29) is 12.4 Å². The second-order valence-electron chi connectivity index (χ2n) is 3.22. The zero-order chi connectivity index (χ0) is 9.26. The molecule has 2 nitrogen and oxygen atoms in total. The molecule has 0 saturated carbocycles. The number of benzene rings is 1. The maximum atomic E-state index is 5.88. The Morgan fingerprint density at radius 2 is 2.29 bits per heavy atom. The van der Waals surface area contributed by atoms with E-state index < -0.39 is 0 Å². The van der Waals surface area contributed by atoms with Gasteiger partial charge in [0, 0.05) is 11.8 Å². The van der Waals surface area contributed by atoms with Crippen LogP contribution in [0.4, 0.5) is 0 Å². The summed E-state index contributed by atoms with van der Waals surface area (Å²) in [4.78, 5) is 1.27. The van der Waals surface area contributed by atoms with E-state index in [1.54, 1.807) is 18.9 Å². The normalized spacial score (nSPS) is 19.4. The van der Waals surface area contributed by atoms with Crippen LogP contribution in [0.15, 0.2) is 23.1 Å².